The number of nitrogens with one attached hydrogen (secondary N) is 1. The Labute approximate surface area is 231 Å². The predicted octanol–water partition coefficient (Wildman–Crippen LogP) is 3.61. The van der Waals surface area contributed by atoms with Gasteiger partial charge >= 0.3 is 6.18 Å². The maximum atomic E-state index is 13.7. The summed E-state index contributed by atoms with van der Waals surface area (Å²) in [6.45, 7) is 3.84. The van der Waals surface area contributed by atoms with E-state index in [1.807, 2.05) is 32.8 Å². The van der Waals surface area contributed by atoms with E-state index in [1.54, 1.807) is 24.3 Å². The summed E-state index contributed by atoms with van der Waals surface area (Å²) in [7, 11) is 3.77. The van der Waals surface area contributed by atoms with Crippen LogP contribution >= 0.6 is 0 Å². The maximum Gasteiger partial charge on any atom is 0.416 e. The van der Waals surface area contributed by atoms with Crippen molar-refractivity contribution in [3.63, 3.8) is 0 Å². The monoisotopic (exact) mass is 558 g/mol. The largest absolute Gasteiger partial charge is 0.416 e. The van der Waals surface area contributed by atoms with Crippen LogP contribution in [0, 0.1) is 5.92 Å². The van der Waals surface area contributed by atoms with Gasteiger partial charge in [-0.25, -0.2) is 0 Å². The number of halogens is 3. The molecular weight excluding hydrogens is 525 g/mol. The van der Waals surface area contributed by atoms with Crippen LogP contribution in [0.1, 0.15) is 53.0 Å². The Kier molecular flexibility index (Phi) is 8.23. The molecule has 2 aliphatic heterocycles. The van der Waals surface area contributed by atoms with E-state index in [0.717, 1.165) is 30.0 Å². The lowest BCUT2D eigenvalue weighted by atomic mass is 10.0. The summed E-state index contributed by atoms with van der Waals surface area (Å²) in [6.07, 6.45) is -3.82. The molecule has 1 N–H and O–H groups in total. The zero-order valence-electron chi connectivity index (χ0n) is 22.9. The van der Waals surface area contributed by atoms with Gasteiger partial charge in [0.2, 0.25) is 5.91 Å². The molecule has 3 amide bonds. The molecule has 3 atom stereocenters. The number of rotatable bonds is 7. The number of carbonyl (C=O) groups excluding carboxylic acids is 4. The molecular formula is C29H33F3N4O4. The first-order valence-electron chi connectivity index (χ1n) is 13.2. The molecule has 0 aliphatic carbocycles. The number of Topliss-reactive ketones (excluding diaryl/α,β-unsaturated/α-hetero) is 1. The average molecular weight is 559 g/mol. The van der Waals surface area contributed by atoms with Crippen molar-refractivity contribution < 1.29 is 32.3 Å². The van der Waals surface area contributed by atoms with Gasteiger partial charge in [-0.15, -0.1) is 0 Å². The van der Waals surface area contributed by atoms with Crippen molar-refractivity contribution in [1.29, 1.82) is 0 Å². The summed E-state index contributed by atoms with van der Waals surface area (Å²) >= 11 is 0. The number of nitrogens with zero attached hydrogens (tertiary/aromatic N) is 3. The highest BCUT2D eigenvalue weighted by atomic mass is 19.4. The SMILES string of the molecule is CC(C)CC(NC(=O)c1ccc(N(C)C)cc1)C(=O)N1CCC2[C@H]1C(=O)CN2C(=O)c1ccc(C(F)(F)F)cc1. The average Bonchev–Trinajstić information content (AvgIpc) is 3.48. The van der Waals surface area contributed by atoms with Gasteiger partial charge in [0.05, 0.1) is 18.2 Å². The van der Waals surface area contributed by atoms with E-state index >= 15 is 0 Å². The third-order valence-corrected chi connectivity index (χ3v) is 7.38. The molecule has 0 radical (unpaired) electrons. The van der Waals surface area contributed by atoms with E-state index in [9.17, 15) is 32.3 Å². The molecule has 2 aliphatic rings. The topological polar surface area (TPSA) is 90.0 Å². The summed E-state index contributed by atoms with van der Waals surface area (Å²) in [5.74, 6) is -1.60. The van der Waals surface area contributed by atoms with Crippen molar-refractivity contribution in [3.8, 4) is 0 Å². The minimum atomic E-state index is -4.53. The Morgan fingerprint density at radius 3 is 2.12 bits per heavy atom. The second-order valence-electron chi connectivity index (χ2n) is 10.9. The van der Waals surface area contributed by atoms with Crippen molar-refractivity contribution in [2.24, 2.45) is 5.92 Å². The highest BCUT2D eigenvalue weighted by Gasteiger charge is 2.52. The second-order valence-corrected chi connectivity index (χ2v) is 10.9. The van der Waals surface area contributed by atoms with Crippen molar-refractivity contribution >= 4 is 29.2 Å². The van der Waals surface area contributed by atoms with Crippen molar-refractivity contribution in [3.05, 3.63) is 65.2 Å². The fraction of sp³-hybridized carbons (Fsp3) is 0.448. The van der Waals surface area contributed by atoms with E-state index in [2.05, 4.69) is 5.32 Å². The summed E-state index contributed by atoms with van der Waals surface area (Å²) in [5.41, 5.74) is 0.488. The zero-order valence-corrected chi connectivity index (χ0v) is 22.9. The normalized spacial score (nSPS) is 19.6. The summed E-state index contributed by atoms with van der Waals surface area (Å²) in [4.78, 5) is 57.6. The molecule has 0 spiro atoms. The van der Waals surface area contributed by atoms with Gasteiger partial charge in [0.25, 0.3) is 11.8 Å². The summed E-state index contributed by atoms with van der Waals surface area (Å²) < 4.78 is 38.8. The van der Waals surface area contributed by atoms with Crippen molar-refractivity contribution in [1.82, 2.24) is 15.1 Å². The predicted molar refractivity (Wildman–Crippen MR) is 143 cm³/mol. The van der Waals surface area contributed by atoms with Crippen LogP contribution in [0.2, 0.25) is 0 Å². The van der Waals surface area contributed by atoms with Crippen LogP contribution in [-0.2, 0) is 15.8 Å². The molecule has 0 saturated carbocycles. The second kappa shape index (κ2) is 11.3. The zero-order chi connectivity index (χ0) is 29.4. The quantitative estimate of drug-likeness (QED) is 0.561. The number of hydrogen-bond donors (Lipinski definition) is 1. The molecule has 2 heterocycles. The number of likely N-dealkylation sites (tertiary alicyclic amines) is 2. The minimum Gasteiger partial charge on any atom is -0.378 e. The van der Waals surface area contributed by atoms with Crippen molar-refractivity contribution in [2.75, 3.05) is 32.1 Å². The molecule has 40 heavy (non-hydrogen) atoms. The first-order valence-corrected chi connectivity index (χ1v) is 13.2. The standard InChI is InChI=1S/C29H33F3N4O4/c1-17(2)15-22(33-26(38)18-7-11-21(12-8-18)34(3)4)28(40)35-14-13-23-25(35)24(37)16-36(23)27(39)19-5-9-20(10-6-19)29(30,31)32/h5-12,17,22-23,25H,13-16H2,1-4H3,(H,33,38)/t22?,23?,25-/m0/s1. The van der Waals surface area contributed by atoms with Gasteiger partial charge in [-0.2, -0.15) is 13.2 Å². The fourth-order valence-corrected chi connectivity index (χ4v) is 5.35. The molecule has 214 valence electrons. The highest BCUT2D eigenvalue weighted by molar-refractivity contribution is 6.03. The number of carbonyl (C=O) groups is 4. The minimum absolute atomic E-state index is 0.0384. The van der Waals surface area contributed by atoms with Gasteiger partial charge in [0.1, 0.15) is 12.1 Å². The van der Waals surface area contributed by atoms with Crippen LogP contribution in [0.4, 0.5) is 18.9 Å². The number of hydrogen-bond acceptors (Lipinski definition) is 5. The van der Waals surface area contributed by atoms with Crippen LogP contribution in [0.3, 0.4) is 0 Å². The highest BCUT2D eigenvalue weighted by Crippen LogP contribution is 2.33. The van der Waals surface area contributed by atoms with Crippen LogP contribution in [-0.4, -0.2) is 78.6 Å². The Bertz CT molecular complexity index is 1280. The number of fused-ring (bicyclic) bond motifs is 1. The van der Waals surface area contributed by atoms with Gasteiger partial charge in [0.15, 0.2) is 5.78 Å². The molecule has 2 unspecified atom stereocenters. The number of benzene rings is 2. The molecule has 2 aromatic carbocycles. The first-order chi connectivity index (χ1) is 18.8. The van der Waals surface area contributed by atoms with Crippen LogP contribution in [0.5, 0.6) is 0 Å². The van der Waals surface area contributed by atoms with Crippen LogP contribution in [0.15, 0.2) is 48.5 Å². The van der Waals surface area contributed by atoms with Crippen LogP contribution in [0.25, 0.3) is 0 Å². The molecule has 4 rings (SSSR count). The smallest absolute Gasteiger partial charge is 0.378 e. The Balaban J connectivity index is 1.49. The van der Waals surface area contributed by atoms with Gasteiger partial charge in [-0.3, -0.25) is 19.2 Å². The number of anilines is 1. The van der Waals surface area contributed by atoms with Gasteiger partial charge in [-0.1, -0.05) is 13.8 Å². The third-order valence-electron chi connectivity index (χ3n) is 7.38. The molecule has 2 fully saturated rings. The van der Waals surface area contributed by atoms with E-state index in [0.29, 0.717) is 18.4 Å². The number of amides is 3. The Morgan fingerprint density at radius 1 is 0.975 bits per heavy atom. The molecule has 0 aromatic heterocycles. The Morgan fingerprint density at radius 2 is 1.57 bits per heavy atom. The van der Waals surface area contributed by atoms with E-state index in [1.165, 1.54) is 9.80 Å². The Hall–Kier alpha value is -3.89. The van der Waals surface area contributed by atoms with Gasteiger partial charge < -0.3 is 20.0 Å². The van der Waals surface area contributed by atoms with Gasteiger partial charge in [0, 0.05) is 37.5 Å². The summed E-state index contributed by atoms with van der Waals surface area (Å²) in [5, 5.41) is 2.83. The van der Waals surface area contributed by atoms with E-state index in [-0.39, 0.29) is 30.4 Å². The van der Waals surface area contributed by atoms with Crippen LogP contribution < -0.4 is 10.2 Å². The van der Waals surface area contributed by atoms with E-state index < -0.39 is 47.6 Å². The summed E-state index contributed by atoms with van der Waals surface area (Å²) in [6, 6.07) is 8.51. The maximum absolute atomic E-state index is 13.7. The lowest BCUT2D eigenvalue weighted by Gasteiger charge is -2.29. The lowest BCUT2D eigenvalue weighted by Crippen LogP contribution is -2.53. The molecule has 0 bridgehead atoms. The first kappa shape index (κ1) is 29.1. The lowest BCUT2D eigenvalue weighted by molar-refractivity contribution is -0.138. The van der Waals surface area contributed by atoms with Gasteiger partial charge in [-0.05, 0) is 67.3 Å². The fourth-order valence-electron chi connectivity index (χ4n) is 5.35. The number of ketones is 1. The molecule has 8 nitrogen and oxygen atoms in total. The molecule has 2 aromatic rings. The van der Waals surface area contributed by atoms with E-state index in [4.69, 9.17) is 0 Å². The molecule has 2 saturated heterocycles. The number of alkyl halides is 3. The molecule has 11 heteroatoms. The van der Waals surface area contributed by atoms with Crippen molar-refractivity contribution in [2.45, 2.75) is 51.0 Å². The third kappa shape index (κ3) is 5.97.